The van der Waals surface area contributed by atoms with Gasteiger partial charge in [-0.25, -0.2) is 0 Å². The van der Waals surface area contributed by atoms with Crippen molar-refractivity contribution >= 4 is 29.5 Å². The van der Waals surface area contributed by atoms with Crippen LogP contribution in [0, 0.1) is 25.2 Å². The van der Waals surface area contributed by atoms with E-state index >= 15 is 0 Å². The van der Waals surface area contributed by atoms with Gasteiger partial charge in [-0.3, -0.25) is 14.7 Å². The highest BCUT2D eigenvalue weighted by atomic mass is 32.2. The Morgan fingerprint density at radius 1 is 1.52 bits per heavy atom. The molecule has 0 saturated carbocycles. The number of hydrogen-bond donors (Lipinski definition) is 2. The predicted octanol–water partition coefficient (Wildman–Crippen LogP) is 1.30. The smallest absolute Gasteiger partial charge is 0.246 e. The molecule has 2 aromatic rings. The molecule has 9 heteroatoms. The average Bonchev–Trinajstić information content (AvgIpc) is 2.92. The molecule has 2 rings (SSSR count). The second-order valence-corrected chi connectivity index (χ2v) is 5.05. The van der Waals surface area contributed by atoms with Crippen LogP contribution in [0.1, 0.15) is 16.9 Å². The Labute approximate surface area is 125 Å². The van der Waals surface area contributed by atoms with Gasteiger partial charge in [0.25, 0.3) is 0 Å². The Hall–Kier alpha value is -2.47. The number of nitriles is 1. The monoisotopic (exact) mass is 306 g/mol. The van der Waals surface area contributed by atoms with E-state index in [1.165, 1.54) is 16.3 Å². The van der Waals surface area contributed by atoms with Gasteiger partial charge in [0, 0.05) is 5.56 Å². The number of rotatable bonds is 4. The quantitative estimate of drug-likeness (QED) is 0.816. The van der Waals surface area contributed by atoms with E-state index in [1.807, 2.05) is 12.3 Å². The lowest BCUT2D eigenvalue weighted by Crippen LogP contribution is -2.20. The van der Waals surface area contributed by atoms with Crippen molar-refractivity contribution in [3.63, 3.8) is 0 Å². The van der Waals surface area contributed by atoms with Crippen LogP contribution in [-0.4, -0.2) is 26.9 Å². The van der Waals surface area contributed by atoms with Crippen LogP contribution in [0.5, 0.6) is 0 Å². The summed E-state index contributed by atoms with van der Waals surface area (Å²) in [6, 6.07) is 2.01. The molecular weight excluding hydrogens is 292 g/mol. The Kier molecular flexibility index (Phi) is 4.18. The van der Waals surface area contributed by atoms with Crippen LogP contribution in [0.2, 0.25) is 0 Å². The van der Waals surface area contributed by atoms with Crippen molar-refractivity contribution in [3.8, 4) is 6.07 Å². The van der Waals surface area contributed by atoms with E-state index in [4.69, 9.17) is 15.4 Å². The standard InChI is InChI=1S/C12H14N6O2S/c1-6-7(2)20-10(8(6)4-13)15-9(19)5-18-11(14)16-17-12(18)21-3/h5H2,1-3H3,(H2,14,16)(H,15,19). The van der Waals surface area contributed by atoms with Crippen LogP contribution in [0.4, 0.5) is 11.8 Å². The number of aromatic nitrogens is 3. The number of nitrogens with two attached hydrogens (primary N) is 1. The zero-order valence-electron chi connectivity index (χ0n) is 11.8. The second-order valence-electron chi connectivity index (χ2n) is 4.28. The molecule has 0 atom stereocenters. The number of carbonyl (C=O) groups excluding carboxylic acids is 1. The molecule has 3 N–H and O–H groups in total. The van der Waals surface area contributed by atoms with E-state index in [1.54, 1.807) is 13.8 Å². The summed E-state index contributed by atoms with van der Waals surface area (Å²) >= 11 is 1.33. The zero-order valence-corrected chi connectivity index (χ0v) is 12.6. The third-order valence-corrected chi connectivity index (χ3v) is 3.65. The van der Waals surface area contributed by atoms with E-state index in [2.05, 4.69) is 15.5 Å². The SMILES string of the molecule is CSc1nnc(N)n1CC(=O)Nc1oc(C)c(C)c1C#N. The third kappa shape index (κ3) is 2.85. The number of hydrogen-bond acceptors (Lipinski definition) is 7. The van der Waals surface area contributed by atoms with Crippen LogP contribution < -0.4 is 11.1 Å². The molecule has 0 unspecified atom stereocenters. The topological polar surface area (TPSA) is 123 Å². The highest BCUT2D eigenvalue weighted by Gasteiger charge is 2.18. The molecule has 2 aromatic heterocycles. The van der Waals surface area contributed by atoms with E-state index in [-0.39, 0.29) is 24.3 Å². The van der Waals surface area contributed by atoms with Crippen LogP contribution in [0.3, 0.4) is 0 Å². The molecule has 0 radical (unpaired) electrons. The van der Waals surface area contributed by atoms with E-state index in [0.717, 1.165) is 0 Å². The molecule has 0 aromatic carbocycles. The molecule has 0 aliphatic rings. The first-order valence-corrected chi connectivity index (χ1v) is 7.23. The Balaban J connectivity index is 2.18. The second kappa shape index (κ2) is 5.88. The highest BCUT2D eigenvalue weighted by Crippen LogP contribution is 2.25. The first-order valence-electron chi connectivity index (χ1n) is 6.00. The summed E-state index contributed by atoms with van der Waals surface area (Å²) in [5, 5.41) is 19.8. The number of carbonyl (C=O) groups is 1. The van der Waals surface area contributed by atoms with Gasteiger partial charge >= 0.3 is 0 Å². The van der Waals surface area contributed by atoms with E-state index < -0.39 is 0 Å². The Morgan fingerprint density at radius 2 is 2.24 bits per heavy atom. The fraction of sp³-hybridized carbons (Fsp3) is 0.333. The van der Waals surface area contributed by atoms with Gasteiger partial charge in [0.15, 0.2) is 5.16 Å². The minimum absolute atomic E-state index is 0.0569. The van der Waals surface area contributed by atoms with Crippen molar-refractivity contribution < 1.29 is 9.21 Å². The van der Waals surface area contributed by atoms with Gasteiger partial charge in [-0.05, 0) is 20.1 Å². The number of thioether (sulfide) groups is 1. The lowest BCUT2D eigenvalue weighted by Gasteiger charge is -2.06. The van der Waals surface area contributed by atoms with Crippen molar-refractivity contribution in [3.05, 3.63) is 16.9 Å². The van der Waals surface area contributed by atoms with Crippen molar-refractivity contribution in [2.45, 2.75) is 25.5 Å². The number of aryl methyl sites for hydroxylation is 1. The lowest BCUT2D eigenvalue weighted by molar-refractivity contribution is -0.116. The number of amides is 1. The maximum Gasteiger partial charge on any atom is 0.246 e. The summed E-state index contributed by atoms with van der Waals surface area (Å²) in [5.41, 5.74) is 6.69. The van der Waals surface area contributed by atoms with E-state index in [9.17, 15) is 4.79 Å². The summed E-state index contributed by atoms with van der Waals surface area (Å²) in [7, 11) is 0. The molecule has 21 heavy (non-hydrogen) atoms. The summed E-state index contributed by atoms with van der Waals surface area (Å²) in [6.07, 6.45) is 1.81. The van der Waals surface area contributed by atoms with Crippen LogP contribution in [-0.2, 0) is 11.3 Å². The van der Waals surface area contributed by atoms with Gasteiger partial charge in [-0.2, -0.15) is 5.26 Å². The summed E-state index contributed by atoms with van der Waals surface area (Å²) in [4.78, 5) is 12.1. The van der Waals surface area contributed by atoms with E-state index in [0.29, 0.717) is 22.0 Å². The zero-order chi connectivity index (χ0) is 15.6. The van der Waals surface area contributed by atoms with Crippen LogP contribution in [0.25, 0.3) is 0 Å². The fourth-order valence-electron chi connectivity index (χ4n) is 1.76. The first kappa shape index (κ1) is 14.9. The molecule has 0 spiro atoms. The summed E-state index contributed by atoms with van der Waals surface area (Å²) in [5.74, 6) is 0.522. The van der Waals surface area contributed by atoms with Crippen molar-refractivity contribution in [2.75, 3.05) is 17.3 Å². The number of nitrogen functional groups attached to an aromatic ring is 1. The Bertz CT molecular complexity index is 727. The summed E-state index contributed by atoms with van der Waals surface area (Å²) in [6.45, 7) is 3.44. The predicted molar refractivity (Wildman–Crippen MR) is 77.7 cm³/mol. The van der Waals surface area contributed by atoms with Gasteiger partial charge in [0.05, 0.1) is 0 Å². The van der Waals surface area contributed by atoms with Crippen LogP contribution >= 0.6 is 11.8 Å². The maximum absolute atomic E-state index is 12.1. The molecule has 1 amide bonds. The largest absolute Gasteiger partial charge is 0.444 e. The van der Waals surface area contributed by atoms with Gasteiger partial charge in [0.1, 0.15) is 23.9 Å². The maximum atomic E-state index is 12.1. The molecule has 0 aliphatic carbocycles. The number of nitrogens with zero attached hydrogens (tertiary/aromatic N) is 4. The molecule has 0 bridgehead atoms. The van der Waals surface area contributed by atoms with Gasteiger partial charge in [-0.15, -0.1) is 10.2 Å². The molecular formula is C12H14N6O2S. The number of furan rings is 1. The molecule has 0 fully saturated rings. The number of anilines is 2. The Morgan fingerprint density at radius 3 is 2.86 bits per heavy atom. The van der Waals surface area contributed by atoms with Crippen LogP contribution in [0.15, 0.2) is 9.57 Å². The van der Waals surface area contributed by atoms with Crippen molar-refractivity contribution in [2.24, 2.45) is 0 Å². The minimum Gasteiger partial charge on any atom is -0.444 e. The molecule has 0 aliphatic heterocycles. The molecule has 2 heterocycles. The lowest BCUT2D eigenvalue weighted by atomic mass is 10.2. The van der Waals surface area contributed by atoms with Gasteiger partial charge < -0.3 is 10.2 Å². The molecule has 110 valence electrons. The minimum atomic E-state index is -0.373. The fourth-order valence-corrected chi connectivity index (χ4v) is 2.26. The first-order chi connectivity index (χ1) is 9.97. The third-order valence-electron chi connectivity index (χ3n) is 2.98. The normalized spacial score (nSPS) is 10.4. The summed E-state index contributed by atoms with van der Waals surface area (Å²) < 4.78 is 6.86. The van der Waals surface area contributed by atoms with Crippen molar-refractivity contribution in [1.82, 2.24) is 14.8 Å². The average molecular weight is 306 g/mol. The molecule has 0 saturated heterocycles. The molecule has 8 nitrogen and oxygen atoms in total. The highest BCUT2D eigenvalue weighted by molar-refractivity contribution is 7.98. The van der Waals surface area contributed by atoms with Gasteiger partial charge in [0.2, 0.25) is 17.7 Å². The van der Waals surface area contributed by atoms with Crippen molar-refractivity contribution in [1.29, 1.82) is 5.26 Å². The number of nitrogens with one attached hydrogen (secondary N) is 1. The van der Waals surface area contributed by atoms with Gasteiger partial charge in [-0.1, -0.05) is 11.8 Å².